The summed E-state index contributed by atoms with van der Waals surface area (Å²) in [5.74, 6) is 1.61. The number of nitrogens with one attached hydrogen (secondary N) is 2. The van der Waals surface area contributed by atoms with Gasteiger partial charge in [0.15, 0.2) is 0 Å². The van der Waals surface area contributed by atoms with Gasteiger partial charge in [-0.25, -0.2) is 9.36 Å². The van der Waals surface area contributed by atoms with Gasteiger partial charge in [0.25, 0.3) is 0 Å². The number of aromatic hydroxyl groups is 1. The molecule has 14 heteroatoms. The molecule has 0 spiro atoms. The number of fused-ring (bicyclic) bond motifs is 2. The Morgan fingerprint density at radius 2 is 1.11 bits per heavy atom. The van der Waals surface area contributed by atoms with Crippen LogP contribution >= 0.6 is 23.5 Å². The summed E-state index contributed by atoms with van der Waals surface area (Å²) in [5.41, 5.74) is 5.36. The quantitative estimate of drug-likeness (QED) is 0.104. The number of phenolic OH excluding ortho intramolecular Hbond substituents is 1. The lowest BCUT2D eigenvalue weighted by atomic mass is 10.1. The van der Waals surface area contributed by atoms with Crippen LogP contribution in [-0.2, 0) is 27.2 Å². The Labute approximate surface area is 313 Å². The number of tetrazole rings is 2. The summed E-state index contributed by atoms with van der Waals surface area (Å²) in [6.07, 6.45) is 0. The summed E-state index contributed by atoms with van der Waals surface area (Å²) < 4.78 is 9.94. The first kappa shape index (κ1) is 34.0. The van der Waals surface area contributed by atoms with Crippen LogP contribution in [0.15, 0.2) is 129 Å². The molecule has 53 heavy (non-hydrogen) atoms. The van der Waals surface area contributed by atoms with Crippen molar-refractivity contribution in [3.8, 4) is 17.2 Å². The average Bonchev–Trinajstić information content (AvgIpc) is 3.79. The van der Waals surface area contributed by atoms with Gasteiger partial charge >= 0.3 is 0 Å². The molecule has 0 radical (unpaired) electrons. The standard InChI is InChI=1S/C39H34N10O2S2/c1-24-12-14-25(15-13-24)22-41-33-21-35(53-39-43-45-47-49(39)3)37(31-11-7-5-9-29(31)33)51-27-18-16-26(17-19-27)23-40-32-20-34(52-38-42-44-46-48(38)2)36(50)30-10-6-4-8-28(30)32/h4-21,40-41,50H,22-23H2,1-3H3. The number of aryl methyl sites for hydroxylation is 3. The normalized spacial score (nSPS) is 11.3. The van der Waals surface area contributed by atoms with Crippen molar-refractivity contribution in [1.82, 2.24) is 40.4 Å². The number of nitrogens with zero attached hydrogens (tertiary/aromatic N) is 8. The van der Waals surface area contributed by atoms with E-state index in [0.717, 1.165) is 49.1 Å². The second kappa shape index (κ2) is 14.9. The van der Waals surface area contributed by atoms with Crippen LogP contribution in [0, 0.1) is 6.92 Å². The molecule has 0 aliphatic rings. The van der Waals surface area contributed by atoms with Crippen molar-refractivity contribution in [2.45, 2.75) is 40.1 Å². The molecule has 2 heterocycles. The summed E-state index contributed by atoms with van der Waals surface area (Å²) in [4.78, 5) is 1.53. The molecule has 264 valence electrons. The smallest absolute Gasteiger partial charge is 0.213 e. The summed E-state index contributed by atoms with van der Waals surface area (Å²) >= 11 is 2.76. The molecular weight excluding hydrogens is 705 g/mol. The zero-order chi connectivity index (χ0) is 36.3. The lowest BCUT2D eigenvalue weighted by molar-refractivity contribution is 0.469. The van der Waals surface area contributed by atoms with E-state index in [2.05, 4.69) is 91.1 Å². The first-order chi connectivity index (χ1) is 25.9. The minimum Gasteiger partial charge on any atom is -0.506 e. The first-order valence-corrected chi connectivity index (χ1v) is 18.4. The molecule has 0 amide bonds. The molecule has 8 aromatic rings. The van der Waals surface area contributed by atoms with E-state index < -0.39 is 0 Å². The number of aromatic nitrogens is 8. The highest BCUT2D eigenvalue weighted by atomic mass is 32.2. The Balaban J connectivity index is 1.06. The van der Waals surface area contributed by atoms with E-state index in [-0.39, 0.29) is 5.75 Å². The van der Waals surface area contributed by atoms with E-state index in [0.29, 0.717) is 34.0 Å². The summed E-state index contributed by atoms with van der Waals surface area (Å²) in [5, 5.41) is 47.1. The maximum atomic E-state index is 11.1. The van der Waals surface area contributed by atoms with Crippen LogP contribution in [0.4, 0.5) is 11.4 Å². The van der Waals surface area contributed by atoms with Crippen LogP contribution in [0.25, 0.3) is 21.5 Å². The monoisotopic (exact) mass is 738 g/mol. The largest absolute Gasteiger partial charge is 0.506 e. The van der Waals surface area contributed by atoms with Crippen LogP contribution in [0.5, 0.6) is 17.2 Å². The lowest BCUT2D eigenvalue weighted by Gasteiger charge is -2.18. The molecule has 0 unspecified atom stereocenters. The predicted octanol–water partition coefficient (Wildman–Crippen LogP) is 8.37. The van der Waals surface area contributed by atoms with Crippen LogP contribution in [0.3, 0.4) is 0 Å². The molecule has 2 aromatic heterocycles. The van der Waals surface area contributed by atoms with Crippen molar-refractivity contribution in [2.75, 3.05) is 10.6 Å². The number of phenols is 1. The lowest BCUT2D eigenvalue weighted by Crippen LogP contribution is -2.02. The van der Waals surface area contributed by atoms with E-state index in [4.69, 9.17) is 4.74 Å². The van der Waals surface area contributed by atoms with Gasteiger partial charge in [0.1, 0.15) is 17.2 Å². The highest BCUT2D eigenvalue weighted by Gasteiger charge is 2.19. The second-order valence-electron chi connectivity index (χ2n) is 12.4. The number of benzene rings is 6. The van der Waals surface area contributed by atoms with Gasteiger partial charge in [-0.1, -0.05) is 90.5 Å². The van der Waals surface area contributed by atoms with Crippen LogP contribution < -0.4 is 15.4 Å². The first-order valence-electron chi connectivity index (χ1n) is 16.8. The van der Waals surface area contributed by atoms with Gasteiger partial charge in [-0.2, -0.15) is 0 Å². The highest BCUT2D eigenvalue weighted by molar-refractivity contribution is 7.99. The molecule has 0 saturated heterocycles. The molecule has 0 saturated carbocycles. The fourth-order valence-electron chi connectivity index (χ4n) is 5.91. The van der Waals surface area contributed by atoms with Crippen molar-refractivity contribution < 1.29 is 9.84 Å². The molecule has 0 bridgehead atoms. The molecule has 12 nitrogen and oxygen atoms in total. The van der Waals surface area contributed by atoms with Crippen molar-refractivity contribution in [2.24, 2.45) is 14.1 Å². The molecule has 8 rings (SSSR count). The third-order valence-corrected chi connectivity index (χ3v) is 10.8. The Bertz CT molecular complexity index is 2550. The summed E-state index contributed by atoms with van der Waals surface area (Å²) in [7, 11) is 3.59. The number of ether oxygens (including phenoxy) is 1. The number of anilines is 2. The third-order valence-electron chi connectivity index (χ3n) is 8.74. The zero-order valence-electron chi connectivity index (χ0n) is 29.1. The van der Waals surface area contributed by atoms with Crippen LogP contribution in [-0.4, -0.2) is 45.5 Å². The van der Waals surface area contributed by atoms with Crippen LogP contribution in [0.1, 0.15) is 16.7 Å². The minimum absolute atomic E-state index is 0.191. The Kier molecular flexibility index (Phi) is 9.53. The minimum atomic E-state index is 0.191. The van der Waals surface area contributed by atoms with Crippen molar-refractivity contribution >= 4 is 56.4 Å². The van der Waals surface area contributed by atoms with Crippen LogP contribution in [0.2, 0.25) is 0 Å². The van der Waals surface area contributed by atoms with E-state index >= 15 is 0 Å². The third kappa shape index (κ3) is 7.32. The van der Waals surface area contributed by atoms with Gasteiger partial charge in [0.2, 0.25) is 10.3 Å². The topological polar surface area (TPSA) is 141 Å². The SMILES string of the molecule is Cc1ccc(CNc2cc(Sc3nnnn3C)c(Oc3ccc(CNc4cc(Sc5nnnn5C)c(O)c5ccccc45)cc3)c3ccccc23)cc1. The van der Waals surface area contributed by atoms with E-state index in [1.807, 2.05) is 73.8 Å². The summed E-state index contributed by atoms with van der Waals surface area (Å²) in [6, 6.07) is 36.6. The van der Waals surface area contributed by atoms with Gasteiger partial charge in [0, 0.05) is 60.1 Å². The number of hydrogen-bond acceptors (Lipinski definition) is 12. The maximum Gasteiger partial charge on any atom is 0.213 e. The Morgan fingerprint density at radius 3 is 1.68 bits per heavy atom. The van der Waals surface area contributed by atoms with Gasteiger partial charge < -0.3 is 20.5 Å². The maximum absolute atomic E-state index is 11.1. The van der Waals surface area contributed by atoms with Gasteiger partial charge in [-0.3, -0.25) is 0 Å². The van der Waals surface area contributed by atoms with Gasteiger partial charge in [0.05, 0.1) is 9.79 Å². The van der Waals surface area contributed by atoms with Crippen molar-refractivity contribution in [1.29, 1.82) is 0 Å². The van der Waals surface area contributed by atoms with E-state index in [9.17, 15) is 5.11 Å². The fourth-order valence-corrected chi connectivity index (χ4v) is 7.60. The van der Waals surface area contributed by atoms with Crippen molar-refractivity contribution in [3.05, 3.63) is 126 Å². The Hall–Kier alpha value is -6.12. The van der Waals surface area contributed by atoms with E-state index in [1.54, 1.807) is 16.4 Å². The van der Waals surface area contributed by atoms with Gasteiger partial charge in [-0.05, 0) is 86.7 Å². The Morgan fingerprint density at radius 1 is 0.623 bits per heavy atom. The molecule has 0 atom stereocenters. The van der Waals surface area contributed by atoms with E-state index in [1.165, 1.54) is 34.7 Å². The molecule has 0 aliphatic carbocycles. The molecule has 0 aliphatic heterocycles. The highest BCUT2D eigenvalue weighted by Crippen LogP contribution is 2.45. The summed E-state index contributed by atoms with van der Waals surface area (Å²) in [6.45, 7) is 3.32. The van der Waals surface area contributed by atoms with Gasteiger partial charge in [-0.15, -0.1) is 10.2 Å². The zero-order valence-corrected chi connectivity index (χ0v) is 30.7. The number of hydrogen-bond donors (Lipinski definition) is 3. The average molecular weight is 739 g/mol. The fraction of sp³-hybridized carbons (Fsp3) is 0.128. The molecule has 0 fully saturated rings. The molecule has 3 N–H and O–H groups in total. The molecule has 6 aromatic carbocycles. The number of rotatable bonds is 12. The van der Waals surface area contributed by atoms with Crippen molar-refractivity contribution in [3.63, 3.8) is 0 Å². The predicted molar refractivity (Wildman–Crippen MR) is 208 cm³/mol. The molecular formula is C39H34N10O2S2. The second-order valence-corrected chi connectivity index (χ2v) is 14.4.